The highest BCUT2D eigenvalue weighted by Gasteiger charge is 2.37. The highest BCUT2D eigenvalue weighted by Crippen LogP contribution is 2.44. The van der Waals surface area contributed by atoms with Crippen LogP contribution >= 0.6 is 0 Å². The summed E-state index contributed by atoms with van der Waals surface area (Å²) in [6.07, 6.45) is 3.58. The molecule has 2 unspecified atom stereocenters. The highest BCUT2D eigenvalue weighted by molar-refractivity contribution is 5.84. The van der Waals surface area contributed by atoms with Crippen LogP contribution in [0.25, 0.3) is 11.1 Å². The van der Waals surface area contributed by atoms with Crippen LogP contribution < -0.4 is 5.32 Å². The Kier molecular flexibility index (Phi) is 6.26. The topological polar surface area (TPSA) is 95.9 Å². The number of hydrogen-bond donors (Lipinski definition) is 2. The van der Waals surface area contributed by atoms with Gasteiger partial charge in [0.25, 0.3) is 0 Å². The van der Waals surface area contributed by atoms with Gasteiger partial charge >= 0.3 is 12.1 Å². The Balaban J connectivity index is 1.18. The molecule has 7 nitrogen and oxygen atoms in total. The molecule has 3 atom stereocenters. The summed E-state index contributed by atoms with van der Waals surface area (Å²) < 4.78 is 5.68. The number of fused-ring (bicyclic) bond motifs is 3. The number of benzene rings is 2. The van der Waals surface area contributed by atoms with Crippen molar-refractivity contribution in [2.75, 3.05) is 13.2 Å². The van der Waals surface area contributed by atoms with E-state index in [9.17, 15) is 19.5 Å². The number of carboxylic acids is 1. The van der Waals surface area contributed by atoms with Crippen molar-refractivity contribution in [2.24, 2.45) is 5.92 Å². The average Bonchev–Trinajstić information content (AvgIpc) is 3.56. The maximum atomic E-state index is 12.8. The molecule has 1 heterocycles. The van der Waals surface area contributed by atoms with Crippen LogP contribution in [0.2, 0.25) is 0 Å². The van der Waals surface area contributed by atoms with Crippen LogP contribution in [0.5, 0.6) is 0 Å². The summed E-state index contributed by atoms with van der Waals surface area (Å²) in [4.78, 5) is 38.4. The summed E-state index contributed by atoms with van der Waals surface area (Å²) in [6.45, 7) is 0.747. The van der Waals surface area contributed by atoms with Crippen molar-refractivity contribution in [1.29, 1.82) is 0 Å². The monoisotopic (exact) mass is 462 g/mol. The number of hydrogen-bond acceptors (Lipinski definition) is 4. The van der Waals surface area contributed by atoms with Gasteiger partial charge < -0.3 is 20.1 Å². The number of amides is 2. The summed E-state index contributed by atoms with van der Waals surface area (Å²) in [6, 6.07) is 15.6. The second-order valence-electron chi connectivity index (χ2n) is 9.55. The van der Waals surface area contributed by atoms with Crippen molar-refractivity contribution in [3.8, 4) is 11.1 Å². The van der Waals surface area contributed by atoms with Crippen molar-refractivity contribution in [1.82, 2.24) is 10.2 Å². The summed E-state index contributed by atoms with van der Waals surface area (Å²) in [7, 11) is 0. The first kappa shape index (κ1) is 22.4. The fourth-order valence-corrected chi connectivity index (χ4v) is 5.93. The standard InChI is InChI=1S/C27H30N2O5/c30-25(29-14-6-13-24(29)26(31)32)15-17-7-5-12-23(17)28-27(33)34-16-22-20-10-3-1-8-18(20)19-9-2-4-11-21(19)22/h1-4,8-11,17,22-24H,5-7,12-16H2,(H,28,33)(H,31,32)/t17?,23?,24-/m0/s1. The highest BCUT2D eigenvalue weighted by atomic mass is 16.5. The molecule has 178 valence electrons. The number of rotatable bonds is 6. The molecule has 0 spiro atoms. The number of carbonyl (C=O) groups is 3. The molecule has 2 aromatic rings. The van der Waals surface area contributed by atoms with Gasteiger partial charge in [0.2, 0.25) is 5.91 Å². The van der Waals surface area contributed by atoms with Crippen molar-refractivity contribution in [3.05, 3.63) is 59.7 Å². The van der Waals surface area contributed by atoms with Gasteiger partial charge in [-0.1, -0.05) is 55.0 Å². The lowest BCUT2D eigenvalue weighted by Crippen LogP contribution is -2.43. The van der Waals surface area contributed by atoms with Crippen LogP contribution in [-0.4, -0.2) is 53.2 Å². The molecule has 2 fully saturated rings. The van der Waals surface area contributed by atoms with Gasteiger partial charge in [0.15, 0.2) is 0 Å². The number of nitrogens with zero attached hydrogens (tertiary/aromatic N) is 1. The van der Waals surface area contributed by atoms with Gasteiger partial charge in [0.05, 0.1) is 0 Å². The molecule has 34 heavy (non-hydrogen) atoms. The van der Waals surface area contributed by atoms with E-state index < -0.39 is 18.1 Å². The first-order valence-electron chi connectivity index (χ1n) is 12.2. The maximum Gasteiger partial charge on any atom is 0.407 e. The number of likely N-dealkylation sites (tertiary alicyclic amines) is 1. The summed E-state index contributed by atoms with van der Waals surface area (Å²) >= 11 is 0. The number of ether oxygens (including phenoxy) is 1. The van der Waals surface area contributed by atoms with Gasteiger partial charge in [-0.3, -0.25) is 4.79 Å². The molecule has 0 aromatic heterocycles. The summed E-state index contributed by atoms with van der Waals surface area (Å²) in [5.74, 6) is -1.06. The average molecular weight is 463 g/mol. The Morgan fingerprint density at radius 1 is 0.941 bits per heavy atom. The molecule has 2 amide bonds. The van der Waals surface area contributed by atoms with Crippen LogP contribution in [0.4, 0.5) is 4.79 Å². The Hall–Kier alpha value is -3.35. The Morgan fingerprint density at radius 3 is 2.29 bits per heavy atom. The van der Waals surface area contributed by atoms with Crippen molar-refractivity contribution in [2.45, 2.75) is 56.5 Å². The predicted octanol–water partition coefficient (Wildman–Crippen LogP) is 4.16. The minimum absolute atomic E-state index is 0.00206. The van der Waals surface area contributed by atoms with E-state index in [1.807, 2.05) is 24.3 Å². The Bertz CT molecular complexity index is 1050. The van der Waals surface area contributed by atoms with Crippen molar-refractivity contribution in [3.63, 3.8) is 0 Å². The minimum Gasteiger partial charge on any atom is -0.480 e. The minimum atomic E-state index is -0.939. The lowest BCUT2D eigenvalue weighted by molar-refractivity contribution is -0.148. The van der Waals surface area contributed by atoms with Crippen LogP contribution in [0, 0.1) is 5.92 Å². The quantitative estimate of drug-likeness (QED) is 0.672. The third-order valence-corrected chi connectivity index (χ3v) is 7.60. The molecular formula is C27H30N2O5. The number of carbonyl (C=O) groups excluding carboxylic acids is 2. The Morgan fingerprint density at radius 2 is 1.62 bits per heavy atom. The fourth-order valence-electron chi connectivity index (χ4n) is 5.93. The van der Waals surface area contributed by atoms with Gasteiger partial charge in [-0.05, 0) is 53.9 Å². The van der Waals surface area contributed by atoms with Gasteiger partial charge in [-0.2, -0.15) is 0 Å². The van der Waals surface area contributed by atoms with Crippen molar-refractivity contribution < 1.29 is 24.2 Å². The van der Waals surface area contributed by atoms with E-state index in [4.69, 9.17) is 4.74 Å². The van der Waals surface area contributed by atoms with Crippen LogP contribution in [0.3, 0.4) is 0 Å². The molecule has 0 bridgehead atoms. The zero-order valence-electron chi connectivity index (χ0n) is 19.1. The molecule has 1 saturated carbocycles. The molecule has 7 heteroatoms. The first-order chi connectivity index (χ1) is 16.5. The molecule has 2 aromatic carbocycles. The molecule has 2 aliphatic carbocycles. The molecule has 1 saturated heterocycles. The van der Waals surface area contributed by atoms with Crippen LogP contribution in [0.15, 0.2) is 48.5 Å². The number of alkyl carbamates (subject to hydrolysis) is 1. The number of nitrogens with one attached hydrogen (secondary N) is 1. The smallest absolute Gasteiger partial charge is 0.407 e. The van der Waals surface area contributed by atoms with Gasteiger partial charge in [-0.15, -0.1) is 0 Å². The van der Waals surface area contributed by atoms with E-state index in [1.54, 1.807) is 0 Å². The van der Waals surface area contributed by atoms with Crippen LogP contribution in [0.1, 0.15) is 55.6 Å². The lowest BCUT2D eigenvalue weighted by Gasteiger charge is -2.26. The van der Waals surface area contributed by atoms with Gasteiger partial charge in [0.1, 0.15) is 12.6 Å². The fraction of sp³-hybridized carbons (Fsp3) is 0.444. The predicted molar refractivity (Wildman–Crippen MR) is 126 cm³/mol. The zero-order valence-corrected chi connectivity index (χ0v) is 19.1. The van der Waals surface area contributed by atoms with E-state index in [1.165, 1.54) is 27.2 Å². The number of carboxylic acid groups (broad SMARTS) is 1. The van der Waals surface area contributed by atoms with Gasteiger partial charge in [0, 0.05) is 24.9 Å². The van der Waals surface area contributed by atoms with E-state index in [0.717, 1.165) is 25.7 Å². The summed E-state index contributed by atoms with van der Waals surface area (Å²) in [5, 5.41) is 12.4. The normalized spacial score (nSPS) is 23.4. The molecule has 5 rings (SSSR count). The van der Waals surface area contributed by atoms with E-state index >= 15 is 0 Å². The third-order valence-electron chi connectivity index (χ3n) is 7.60. The zero-order chi connectivity index (χ0) is 23.7. The SMILES string of the molecule is O=C(NC1CCCC1CC(=O)N1CCC[C@H]1C(=O)O)OCC1c2ccccc2-c2ccccc21. The third kappa shape index (κ3) is 4.27. The Labute approximate surface area is 199 Å². The van der Waals surface area contributed by atoms with E-state index in [-0.39, 0.29) is 36.8 Å². The maximum absolute atomic E-state index is 12.8. The van der Waals surface area contributed by atoms with Crippen LogP contribution in [-0.2, 0) is 14.3 Å². The largest absolute Gasteiger partial charge is 0.480 e. The first-order valence-corrected chi connectivity index (χ1v) is 12.2. The van der Waals surface area contributed by atoms with Gasteiger partial charge in [-0.25, -0.2) is 9.59 Å². The molecule has 0 radical (unpaired) electrons. The second kappa shape index (κ2) is 9.49. The molecule has 1 aliphatic heterocycles. The molecule has 2 N–H and O–H groups in total. The van der Waals surface area contributed by atoms with Crippen molar-refractivity contribution >= 4 is 18.0 Å². The number of aliphatic carboxylic acids is 1. The molecule has 3 aliphatic rings. The second-order valence-corrected chi connectivity index (χ2v) is 9.55. The van der Waals surface area contributed by atoms with E-state index in [2.05, 4.69) is 29.6 Å². The molecular weight excluding hydrogens is 432 g/mol. The van der Waals surface area contributed by atoms with E-state index in [0.29, 0.717) is 13.0 Å². The summed E-state index contributed by atoms with van der Waals surface area (Å²) in [5.41, 5.74) is 4.70. The lowest BCUT2D eigenvalue weighted by atomic mass is 9.98.